The fourth-order valence-electron chi connectivity index (χ4n) is 4.63. The molecule has 27 heavy (non-hydrogen) atoms. The number of benzene rings is 1. The van der Waals surface area contributed by atoms with Gasteiger partial charge < -0.3 is 4.90 Å². The van der Waals surface area contributed by atoms with Crippen LogP contribution >= 0.6 is 0 Å². The Morgan fingerprint density at radius 3 is 2.56 bits per heavy atom. The molecular weight excluding hydrogens is 336 g/mol. The van der Waals surface area contributed by atoms with Crippen molar-refractivity contribution in [2.45, 2.75) is 30.7 Å². The molecule has 138 valence electrons. The fraction of sp³-hybridized carbons (Fsp3) is 0.409. The van der Waals surface area contributed by atoms with Gasteiger partial charge in [-0.05, 0) is 49.9 Å². The van der Waals surface area contributed by atoms with Crippen molar-refractivity contribution in [3.8, 4) is 6.07 Å². The highest BCUT2D eigenvalue weighted by atomic mass is 16.2. The molecule has 1 atom stereocenters. The second-order valence-electron chi connectivity index (χ2n) is 7.75. The topological polar surface area (TPSA) is 60.2 Å². The lowest BCUT2D eigenvalue weighted by Crippen LogP contribution is -2.52. The van der Waals surface area contributed by atoms with E-state index in [1.54, 1.807) is 12.1 Å². The summed E-state index contributed by atoms with van der Waals surface area (Å²) in [5, 5.41) is 8.85. The number of hydrogen-bond donors (Lipinski definition) is 0. The maximum Gasteiger partial charge on any atom is 0.255 e. The van der Waals surface area contributed by atoms with Crippen molar-refractivity contribution in [1.29, 1.82) is 5.26 Å². The molecule has 1 unspecified atom stereocenters. The standard InChI is InChI=1S/C22H24N4O/c1-25-16-19(17-5-3-2-4-6-17)13-22(25)9-11-26(12-10-22)21(27)18-7-8-20(14-23)24-15-18/h2-8,15,19H,9-13,16H2,1H3. The third-order valence-electron chi connectivity index (χ3n) is 6.31. The lowest BCUT2D eigenvalue weighted by Gasteiger charge is -2.43. The van der Waals surface area contributed by atoms with E-state index in [-0.39, 0.29) is 11.4 Å². The van der Waals surface area contributed by atoms with E-state index in [4.69, 9.17) is 5.26 Å². The van der Waals surface area contributed by atoms with E-state index in [2.05, 4.69) is 47.3 Å². The zero-order valence-electron chi connectivity index (χ0n) is 15.6. The number of amides is 1. The highest BCUT2D eigenvalue weighted by molar-refractivity contribution is 5.94. The molecule has 1 amide bonds. The van der Waals surface area contributed by atoms with E-state index in [1.165, 1.54) is 11.8 Å². The fourth-order valence-corrected chi connectivity index (χ4v) is 4.63. The van der Waals surface area contributed by atoms with Crippen LogP contribution in [0.3, 0.4) is 0 Å². The molecule has 1 aromatic carbocycles. The molecule has 4 rings (SSSR count). The van der Waals surface area contributed by atoms with E-state index < -0.39 is 0 Å². The molecule has 0 N–H and O–H groups in total. The van der Waals surface area contributed by atoms with Gasteiger partial charge in [0.05, 0.1) is 5.56 Å². The van der Waals surface area contributed by atoms with E-state index in [0.29, 0.717) is 17.2 Å². The van der Waals surface area contributed by atoms with Gasteiger partial charge in [0.2, 0.25) is 0 Å². The molecule has 1 aromatic heterocycles. The minimum Gasteiger partial charge on any atom is -0.338 e. The summed E-state index contributed by atoms with van der Waals surface area (Å²) in [6.45, 7) is 2.62. The number of hydrogen-bond acceptors (Lipinski definition) is 4. The molecule has 2 aromatic rings. The Morgan fingerprint density at radius 1 is 1.19 bits per heavy atom. The van der Waals surface area contributed by atoms with Gasteiger partial charge in [0.1, 0.15) is 11.8 Å². The molecule has 0 radical (unpaired) electrons. The number of carbonyl (C=O) groups is 1. The van der Waals surface area contributed by atoms with Crippen molar-refractivity contribution in [3.63, 3.8) is 0 Å². The molecule has 1 spiro atoms. The number of rotatable bonds is 2. The third kappa shape index (κ3) is 3.33. The van der Waals surface area contributed by atoms with Crippen LogP contribution in [0.15, 0.2) is 48.7 Å². The van der Waals surface area contributed by atoms with E-state index in [1.807, 2.05) is 11.0 Å². The van der Waals surface area contributed by atoms with Crippen molar-refractivity contribution < 1.29 is 4.79 Å². The van der Waals surface area contributed by atoms with Gasteiger partial charge in [-0.1, -0.05) is 30.3 Å². The largest absolute Gasteiger partial charge is 0.338 e. The second kappa shape index (κ2) is 7.13. The number of piperidine rings is 1. The molecule has 2 aliphatic rings. The average molecular weight is 360 g/mol. The maximum atomic E-state index is 12.8. The number of aromatic nitrogens is 1. The zero-order valence-corrected chi connectivity index (χ0v) is 15.6. The predicted octanol–water partition coefficient (Wildman–Crippen LogP) is 3.05. The van der Waals surface area contributed by atoms with Crippen LogP contribution in [0.2, 0.25) is 0 Å². The van der Waals surface area contributed by atoms with Gasteiger partial charge in [-0.3, -0.25) is 9.69 Å². The first-order chi connectivity index (χ1) is 13.1. The first kappa shape index (κ1) is 17.7. The SMILES string of the molecule is CN1CC(c2ccccc2)CC12CCN(C(=O)c1ccc(C#N)nc1)CC2. The van der Waals surface area contributed by atoms with Gasteiger partial charge in [0.15, 0.2) is 0 Å². The highest BCUT2D eigenvalue weighted by Gasteiger charge is 2.46. The van der Waals surface area contributed by atoms with Crippen LogP contribution in [-0.2, 0) is 0 Å². The maximum absolute atomic E-state index is 12.8. The monoisotopic (exact) mass is 360 g/mol. The van der Waals surface area contributed by atoms with Crippen molar-refractivity contribution >= 4 is 5.91 Å². The third-order valence-corrected chi connectivity index (χ3v) is 6.31. The molecule has 0 bridgehead atoms. The molecule has 0 aliphatic carbocycles. The van der Waals surface area contributed by atoms with Crippen LogP contribution < -0.4 is 0 Å². The van der Waals surface area contributed by atoms with Gasteiger partial charge >= 0.3 is 0 Å². The number of nitriles is 1. The van der Waals surface area contributed by atoms with Crippen LogP contribution in [0.4, 0.5) is 0 Å². The second-order valence-corrected chi connectivity index (χ2v) is 7.75. The molecule has 2 fully saturated rings. The van der Waals surface area contributed by atoms with E-state index in [0.717, 1.165) is 38.9 Å². The Bertz CT molecular complexity index is 848. The molecule has 3 heterocycles. The first-order valence-electron chi connectivity index (χ1n) is 9.53. The summed E-state index contributed by atoms with van der Waals surface area (Å²) in [5.74, 6) is 0.586. The number of pyridine rings is 1. The van der Waals surface area contributed by atoms with Gasteiger partial charge in [-0.15, -0.1) is 0 Å². The summed E-state index contributed by atoms with van der Waals surface area (Å²) < 4.78 is 0. The summed E-state index contributed by atoms with van der Waals surface area (Å²) in [6, 6.07) is 16.1. The Labute approximate surface area is 160 Å². The van der Waals surface area contributed by atoms with Crippen LogP contribution in [0.25, 0.3) is 0 Å². The lowest BCUT2D eigenvalue weighted by atomic mass is 9.81. The summed E-state index contributed by atoms with van der Waals surface area (Å²) in [4.78, 5) is 21.2. The highest BCUT2D eigenvalue weighted by Crippen LogP contribution is 2.44. The van der Waals surface area contributed by atoms with Crippen molar-refractivity contribution in [3.05, 3.63) is 65.5 Å². The zero-order chi connectivity index (χ0) is 18.9. The lowest BCUT2D eigenvalue weighted by molar-refractivity contribution is 0.0492. The number of nitrogens with zero attached hydrogens (tertiary/aromatic N) is 4. The minimum absolute atomic E-state index is 0.0158. The summed E-state index contributed by atoms with van der Waals surface area (Å²) in [7, 11) is 2.23. The molecule has 5 nitrogen and oxygen atoms in total. The quantitative estimate of drug-likeness (QED) is 0.826. The molecule has 2 saturated heterocycles. The Balaban J connectivity index is 1.42. The minimum atomic E-state index is 0.0158. The predicted molar refractivity (Wildman–Crippen MR) is 103 cm³/mol. The first-order valence-corrected chi connectivity index (χ1v) is 9.53. The van der Waals surface area contributed by atoms with E-state index >= 15 is 0 Å². The molecule has 2 aliphatic heterocycles. The van der Waals surface area contributed by atoms with Crippen LogP contribution in [0, 0.1) is 11.3 Å². The summed E-state index contributed by atoms with van der Waals surface area (Å²) >= 11 is 0. The van der Waals surface area contributed by atoms with E-state index in [9.17, 15) is 4.79 Å². The molecule has 0 saturated carbocycles. The van der Waals surface area contributed by atoms with Gasteiger partial charge in [0.25, 0.3) is 5.91 Å². The summed E-state index contributed by atoms with van der Waals surface area (Å²) in [6.07, 6.45) is 4.68. The smallest absolute Gasteiger partial charge is 0.255 e. The Kier molecular flexibility index (Phi) is 4.67. The molecule has 5 heteroatoms. The Hall–Kier alpha value is -2.71. The molecular formula is C22H24N4O. The van der Waals surface area contributed by atoms with Crippen molar-refractivity contribution in [2.24, 2.45) is 0 Å². The normalized spacial score (nSPS) is 21.9. The van der Waals surface area contributed by atoms with Crippen molar-refractivity contribution in [2.75, 3.05) is 26.7 Å². The number of likely N-dealkylation sites (N-methyl/N-ethyl adjacent to an activating group) is 1. The number of carbonyl (C=O) groups excluding carboxylic acids is 1. The van der Waals surface area contributed by atoms with Crippen molar-refractivity contribution in [1.82, 2.24) is 14.8 Å². The van der Waals surface area contributed by atoms with Crippen LogP contribution in [0.5, 0.6) is 0 Å². The average Bonchev–Trinajstić information content (AvgIpc) is 3.05. The van der Waals surface area contributed by atoms with Gasteiger partial charge in [0, 0.05) is 31.4 Å². The van der Waals surface area contributed by atoms with Crippen LogP contribution in [-0.4, -0.2) is 52.9 Å². The summed E-state index contributed by atoms with van der Waals surface area (Å²) in [5.41, 5.74) is 2.51. The van der Waals surface area contributed by atoms with Gasteiger partial charge in [-0.25, -0.2) is 4.98 Å². The Morgan fingerprint density at radius 2 is 1.93 bits per heavy atom. The van der Waals surface area contributed by atoms with Gasteiger partial charge in [-0.2, -0.15) is 5.26 Å². The number of likely N-dealkylation sites (tertiary alicyclic amines) is 2. The van der Waals surface area contributed by atoms with Crippen LogP contribution in [0.1, 0.15) is 46.8 Å².